The van der Waals surface area contributed by atoms with Crippen LogP contribution in [-0.2, 0) is 6.42 Å². The van der Waals surface area contributed by atoms with E-state index in [1.807, 2.05) is 48.5 Å². The highest BCUT2D eigenvalue weighted by molar-refractivity contribution is 7.80. The molecular weight excluding hydrogens is 330 g/mol. The molecule has 25 heavy (non-hydrogen) atoms. The van der Waals surface area contributed by atoms with E-state index in [0.29, 0.717) is 24.0 Å². The van der Waals surface area contributed by atoms with Gasteiger partial charge in [-0.2, -0.15) is 0 Å². The lowest BCUT2D eigenvalue weighted by Gasteiger charge is -2.14. The number of nitrogens with two attached hydrogens (primary N) is 1. The van der Waals surface area contributed by atoms with Crippen molar-refractivity contribution in [2.75, 3.05) is 13.2 Å². The molecule has 0 spiro atoms. The molecule has 0 unspecified atom stereocenters. The number of fused-ring (bicyclic) bond motifs is 1. The molecular formula is C21H21NO2S. The molecule has 3 nitrogen and oxygen atoms in total. The van der Waals surface area contributed by atoms with Crippen LogP contribution in [0.15, 0.2) is 60.7 Å². The molecule has 0 radical (unpaired) electrons. The molecule has 0 fully saturated rings. The third kappa shape index (κ3) is 4.09. The van der Waals surface area contributed by atoms with Crippen molar-refractivity contribution in [2.45, 2.75) is 13.3 Å². The Morgan fingerprint density at radius 1 is 0.920 bits per heavy atom. The zero-order valence-corrected chi connectivity index (χ0v) is 15.0. The highest BCUT2D eigenvalue weighted by Crippen LogP contribution is 2.28. The van der Waals surface area contributed by atoms with E-state index in [2.05, 4.69) is 19.1 Å². The number of thiocarbonyl (C=S) groups is 1. The Bertz CT molecular complexity index is 875. The van der Waals surface area contributed by atoms with Crippen molar-refractivity contribution in [3.63, 3.8) is 0 Å². The standard InChI is InChI=1S/C21H21NO2S/c1-2-15-7-10-17(11-8-15)23-13-14-24-19-12-9-16-5-3-4-6-18(16)20(19)21(22)25/h3-12H,2,13-14H2,1H3,(H2,22,25). The van der Waals surface area contributed by atoms with Crippen LogP contribution < -0.4 is 15.2 Å². The summed E-state index contributed by atoms with van der Waals surface area (Å²) in [4.78, 5) is 0.336. The second-order valence-electron chi connectivity index (χ2n) is 5.72. The first kappa shape index (κ1) is 17.2. The minimum absolute atomic E-state index is 0.336. The largest absolute Gasteiger partial charge is 0.490 e. The van der Waals surface area contributed by atoms with Crippen molar-refractivity contribution in [3.05, 3.63) is 71.8 Å². The van der Waals surface area contributed by atoms with E-state index in [-0.39, 0.29) is 0 Å². The van der Waals surface area contributed by atoms with Crippen molar-refractivity contribution in [2.24, 2.45) is 5.73 Å². The summed E-state index contributed by atoms with van der Waals surface area (Å²) in [6.45, 7) is 3.01. The number of benzene rings is 3. The van der Waals surface area contributed by atoms with Crippen LogP contribution in [0.25, 0.3) is 10.8 Å². The van der Waals surface area contributed by atoms with E-state index in [9.17, 15) is 0 Å². The van der Waals surface area contributed by atoms with Gasteiger partial charge in [0, 0.05) is 0 Å². The van der Waals surface area contributed by atoms with Crippen molar-refractivity contribution < 1.29 is 9.47 Å². The van der Waals surface area contributed by atoms with Gasteiger partial charge in [-0.1, -0.05) is 61.6 Å². The van der Waals surface area contributed by atoms with Crippen LogP contribution >= 0.6 is 12.2 Å². The summed E-state index contributed by atoms with van der Waals surface area (Å²) in [6, 6.07) is 20.0. The summed E-state index contributed by atoms with van der Waals surface area (Å²) in [5, 5.41) is 2.09. The quantitative estimate of drug-likeness (QED) is 0.503. The first-order valence-corrected chi connectivity index (χ1v) is 8.76. The summed E-state index contributed by atoms with van der Waals surface area (Å²) >= 11 is 5.22. The summed E-state index contributed by atoms with van der Waals surface area (Å²) in [7, 11) is 0. The van der Waals surface area contributed by atoms with Gasteiger partial charge in [0.05, 0.1) is 5.56 Å². The van der Waals surface area contributed by atoms with E-state index in [4.69, 9.17) is 27.4 Å². The molecule has 128 valence electrons. The lowest BCUT2D eigenvalue weighted by Crippen LogP contribution is -2.15. The molecule has 0 saturated carbocycles. The monoisotopic (exact) mass is 351 g/mol. The Morgan fingerprint density at radius 3 is 2.36 bits per heavy atom. The van der Waals surface area contributed by atoms with Crippen molar-refractivity contribution in [3.8, 4) is 11.5 Å². The number of rotatable bonds is 7. The molecule has 2 N–H and O–H groups in total. The fraction of sp³-hybridized carbons (Fsp3) is 0.190. The number of hydrogen-bond donors (Lipinski definition) is 1. The maximum atomic E-state index is 5.92. The van der Waals surface area contributed by atoms with E-state index in [0.717, 1.165) is 28.5 Å². The van der Waals surface area contributed by atoms with E-state index in [1.54, 1.807) is 0 Å². The van der Waals surface area contributed by atoms with Gasteiger partial charge in [0.1, 0.15) is 29.7 Å². The van der Waals surface area contributed by atoms with Crippen molar-refractivity contribution >= 4 is 28.0 Å². The predicted molar refractivity (Wildman–Crippen MR) is 107 cm³/mol. The number of ether oxygens (including phenoxy) is 2. The molecule has 0 atom stereocenters. The molecule has 3 aromatic rings. The normalized spacial score (nSPS) is 10.6. The van der Waals surface area contributed by atoms with Crippen LogP contribution in [0.5, 0.6) is 11.5 Å². The Morgan fingerprint density at radius 2 is 1.64 bits per heavy atom. The SMILES string of the molecule is CCc1ccc(OCCOc2ccc3ccccc3c2C(N)=S)cc1. The zero-order chi connectivity index (χ0) is 17.6. The maximum absolute atomic E-state index is 5.92. The molecule has 3 rings (SSSR count). The van der Waals surface area contributed by atoms with Crippen LogP contribution in [0.4, 0.5) is 0 Å². The predicted octanol–water partition coefficient (Wildman–Crippen LogP) is 4.49. The maximum Gasteiger partial charge on any atom is 0.130 e. The Hall–Kier alpha value is -2.59. The summed E-state index contributed by atoms with van der Waals surface area (Å²) in [6.07, 6.45) is 1.02. The van der Waals surface area contributed by atoms with Crippen LogP contribution in [0.3, 0.4) is 0 Å². The molecule has 0 aliphatic heterocycles. The second kappa shape index (κ2) is 7.99. The Kier molecular flexibility index (Phi) is 5.51. The summed E-state index contributed by atoms with van der Waals surface area (Å²) in [5.41, 5.74) is 7.99. The van der Waals surface area contributed by atoms with Gasteiger partial charge < -0.3 is 15.2 Å². The Balaban J connectivity index is 1.66. The van der Waals surface area contributed by atoms with Gasteiger partial charge in [-0.15, -0.1) is 0 Å². The van der Waals surface area contributed by atoms with Gasteiger partial charge >= 0.3 is 0 Å². The molecule has 0 saturated heterocycles. The van der Waals surface area contributed by atoms with Crippen LogP contribution in [-0.4, -0.2) is 18.2 Å². The van der Waals surface area contributed by atoms with Crippen LogP contribution in [0, 0.1) is 0 Å². The van der Waals surface area contributed by atoms with Crippen LogP contribution in [0.2, 0.25) is 0 Å². The van der Waals surface area contributed by atoms with Gasteiger partial charge in [-0.25, -0.2) is 0 Å². The lowest BCUT2D eigenvalue weighted by molar-refractivity contribution is 0.217. The lowest BCUT2D eigenvalue weighted by atomic mass is 10.0. The van der Waals surface area contributed by atoms with E-state index >= 15 is 0 Å². The zero-order valence-electron chi connectivity index (χ0n) is 14.2. The third-order valence-electron chi connectivity index (χ3n) is 4.08. The topological polar surface area (TPSA) is 44.5 Å². The Labute approximate surface area is 153 Å². The highest BCUT2D eigenvalue weighted by Gasteiger charge is 2.11. The van der Waals surface area contributed by atoms with Gasteiger partial charge in [-0.3, -0.25) is 0 Å². The molecule has 0 bridgehead atoms. The van der Waals surface area contributed by atoms with Crippen molar-refractivity contribution in [1.29, 1.82) is 0 Å². The van der Waals surface area contributed by atoms with Gasteiger partial charge in [-0.05, 0) is 41.0 Å². The number of hydrogen-bond acceptors (Lipinski definition) is 3. The molecule has 0 aliphatic carbocycles. The average Bonchev–Trinajstić information content (AvgIpc) is 2.65. The first-order valence-electron chi connectivity index (χ1n) is 8.35. The first-order chi connectivity index (χ1) is 12.2. The number of aryl methyl sites for hydroxylation is 1. The molecule has 0 aliphatic rings. The fourth-order valence-corrected chi connectivity index (χ4v) is 2.97. The van der Waals surface area contributed by atoms with Gasteiger partial charge in [0.25, 0.3) is 0 Å². The van der Waals surface area contributed by atoms with Crippen molar-refractivity contribution in [1.82, 2.24) is 0 Å². The third-order valence-corrected chi connectivity index (χ3v) is 4.28. The van der Waals surface area contributed by atoms with Gasteiger partial charge in [0.15, 0.2) is 0 Å². The molecule has 0 amide bonds. The second-order valence-corrected chi connectivity index (χ2v) is 6.16. The molecule has 3 aromatic carbocycles. The fourth-order valence-electron chi connectivity index (χ4n) is 2.76. The molecule has 0 aromatic heterocycles. The van der Waals surface area contributed by atoms with Gasteiger partial charge in [0.2, 0.25) is 0 Å². The molecule has 0 heterocycles. The van der Waals surface area contributed by atoms with Crippen LogP contribution in [0.1, 0.15) is 18.1 Å². The molecule has 4 heteroatoms. The highest BCUT2D eigenvalue weighted by atomic mass is 32.1. The average molecular weight is 351 g/mol. The minimum atomic E-state index is 0.336. The summed E-state index contributed by atoms with van der Waals surface area (Å²) < 4.78 is 11.6. The minimum Gasteiger partial charge on any atom is -0.490 e. The summed E-state index contributed by atoms with van der Waals surface area (Å²) in [5.74, 6) is 1.53. The van der Waals surface area contributed by atoms with E-state index < -0.39 is 0 Å². The smallest absolute Gasteiger partial charge is 0.130 e. The van der Waals surface area contributed by atoms with E-state index in [1.165, 1.54) is 5.56 Å².